The summed E-state index contributed by atoms with van der Waals surface area (Å²) in [5, 5.41) is 14.7. The van der Waals surface area contributed by atoms with Crippen LogP contribution >= 0.6 is 0 Å². The number of anilines is 1. The molecule has 4 rings (SSSR count). The smallest absolute Gasteiger partial charge is 0.141 e. The van der Waals surface area contributed by atoms with Gasteiger partial charge in [-0.05, 0) is 25.1 Å². The zero-order chi connectivity index (χ0) is 17.2. The van der Waals surface area contributed by atoms with Crippen molar-refractivity contribution in [2.75, 3.05) is 38.3 Å². The molecule has 1 fully saturated rings. The van der Waals surface area contributed by atoms with Gasteiger partial charge in [0.15, 0.2) is 0 Å². The number of nitriles is 1. The Morgan fingerprint density at radius 1 is 1.44 bits per heavy atom. The second kappa shape index (κ2) is 6.67. The highest BCUT2D eigenvalue weighted by Crippen LogP contribution is 2.34. The Bertz CT molecular complexity index is 938. The summed E-state index contributed by atoms with van der Waals surface area (Å²) in [5.74, 6) is 0. The molecule has 0 aliphatic carbocycles. The fraction of sp³-hybridized carbons (Fsp3) is 0.389. The average Bonchev–Trinajstić information content (AvgIpc) is 3.29. The largest absolute Gasteiger partial charge is 0.383 e. The van der Waals surface area contributed by atoms with E-state index in [2.05, 4.69) is 37.3 Å². The third kappa shape index (κ3) is 2.80. The molecule has 7 nitrogen and oxygen atoms in total. The number of nitrogens with one attached hydrogen (secondary N) is 2. The molecule has 4 heterocycles. The highest BCUT2D eigenvalue weighted by Gasteiger charge is 2.25. The number of H-pyrrole nitrogens is 1. The van der Waals surface area contributed by atoms with Crippen molar-refractivity contribution in [1.29, 1.82) is 5.26 Å². The molecule has 0 aromatic carbocycles. The van der Waals surface area contributed by atoms with Crippen LogP contribution < -0.4 is 10.2 Å². The summed E-state index contributed by atoms with van der Waals surface area (Å²) < 4.78 is 5.33. The lowest BCUT2D eigenvalue weighted by Gasteiger charge is -2.31. The van der Waals surface area contributed by atoms with Crippen LogP contribution in [0.4, 0.5) is 5.69 Å². The first kappa shape index (κ1) is 15.8. The molecule has 0 saturated carbocycles. The van der Waals surface area contributed by atoms with Gasteiger partial charge in [0.2, 0.25) is 0 Å². The molecule has 3 aromatic rings. The monoisotopic (exact) mass is 336 g/mol. The second-order valence-electron chi connectivity index (χ2n) is 6.24. The first-order chi connectivity index (χ1) is 12.3. The van der Waals surface area contributed by atoms with Gasteiger partial charge in [-0.1, -0.05) is 0 Å². The zero-order valence-electron chi connectivity index (χ0n) is 14.1. The van der Waals surface area contributed by atoms with Crippen LogP contribution in [0.3, 0.4) is 0 Å². The number of rotatable bonds is 5. The fourth-order valence-corrected chi connectivity index (χ4v) is 3.60. The molecule has 0 bridgehead atoms. The van der Waals surface area contributed by atoms with Crippen LogP contribution in [0.25, 0.3) is 21.9 Å². The highest BCUT2D eigenvalue weighted by molar-refractivity contribution is 6.12. The van der Waals surface area contributed by atoms with Gasteiger partial charge < -0.3 is 19.9 Å². The zero-order valence-corrected chi connectivity index (χ0v) is 14.1. The summed E-state index contributed by atoms with van der Waals surface area (Å²) in [7, 11) is 1.73. The van der Waals surface area contributed by atoms with Crippen molar-refractivity contribution in [3.05, 3.63) is 30.2 Å². The Labute approximate surface area is 145 Å². The van der Waals surface area contributed by atoms with E-state index < -0.39 is 0 Å². The number of fused-ring (bicyclic) bond motifs is 3. The number of aromatic nitrogens is 3. The number of methoxy groups -OCH3 is 1. The van der Waals surface area contributed by atoms with Crippen LogP contribution in [-0.4, -0.2) is 54.3 Å². The van der Waals surface area contributed by atoms with Crippen LogP contribution in [0.5, 0.6) is 0 Å². The van der Waals surface area contributed by atoms with E-state index in [0.29, 0.717) is 18.3 Å². The fourth-order valence-electron chi connectivity index (χ4n) is 3.60. The van der Waals surface area contributed by atoms with E-state index in [9.17, 15) is 5.26 Å². The topological polar surface area (TPSA) is 89.9 Å². The predicted molar refractivity (Wildman–Crippen MR) is 96.6 cm³/mol. The maximum absolute atomic E-state index is 9.20. The number of pyridine rings is 2. The molecule has 0 radical (unpaired) electrons. The molecule has 1 aliphatic rings. The molecular formula is C18H20N6O. The minimum Gasteiger partial charge on any atom is -0.383 e. The van der Waals surface area contributed by atoms with Gasteiger partial charge in [0.1, 0.15) is 17.4 Å². The molecule has 3 aromatic heterocycles. The number of ether oxygens (including phenoxy) is 1. The standard InChI is InChI=1S/C18H20N6O/c1-25-7-6-24(13-2-4-20-10-13)16-3-5-21-18-17(16)14-8-12(9-19)22-11-15(14)23-18/h3,5,8,11,13,20H,2,4,6-7,10H2,1H3,(H,21,23)/t13-/m0/s1. The van der Waals surface area contributed by atoms with Crippen LogP contribution in [0, 0.1) is 11.3 Å². The minimum absolute atomic E-state index is 0.411. The number of hydrogen-bond donors (Lipinski definition) is 2. The van der Waals surface area contributed by atoms with E-state index in [1.807, 2.05) is 12.3 Å². The molecular weight excluding hydrogens is 316 g/mol. The van der Waals surface area contributed by atoms with E-state index in [1.54, 1.807) is 13.3 Å². The van der Waals surface area contributed by atoms with E-state index in [4.69, 9.17) is 4.74 Å². The molecule has 25 heavy (non-hydrogen) atoms. The number of hydrogen-bond acceptors (Lipinski definition) is 6. The molecule has 1 aliphatic heterocycles. The Kier molecular flexibility index (Phi) is 4.22. The van der Waals surface area contributed by atoms with Crippen LogP contribution in [-0.2, 0) is 4.74 Å². The van der Waals surface area contributed by atoms with E-state index >= 15 is 0 Å². The van der Waals surface area contributed by atoms with E-state index in [-0.39, 0.29) is 0 Å². The SMILES string of the molecule is COCCN(c1ccnc2[nH]c3cnc(C#N)cc3c12)[C@H]1CCNC1. The van der Waals surface area contributed by atoms with Gasteiger partial charge in [-0.3, -0.25) is 0 Å². The maximum Gasteiger partial charge on any atom is 0.141 e. The van der Waals surface area contributed by atoms with Crippen molar-refractivity contribution in [2.45, 2.75) is 12.5 Å². The highest BCUT2D eigenvalue weighted by atomic mass is 16.5. The lowest BCUT2D eigenvalue weighted by molar-refractivity contribution is 0.203. The summed E-state index contributed by atoms with van der Waals surface area (Å²) in [6.07, 6.45) is 4.63. The van der Waals surface area contributed by atoms with Crippen molar-refractivity contribution in [1.82, 2.24) is 20.3 Å². The Hall–Kier alpha value is -2.69. The second-order valence-corrected chi connectivity index (χ2v) is 6.24. The van der Waals surface area contributed by atoms with Crippen molar-refractivity contribution >= 4 is 27.6 Å². The Morgan fingerprint density at radius 3 is 3.12 bits per heavy atom. The molecule has 0 unspecified atom stereocenters. The summed E-state index contributed by atoms with van der Waals surface area (Å²) >= 11 is 0. The number of aromatic amines is 1. The van der Waals surface area contributed by atoms with E-state index in [1.165, 1.54) is 0 Å². The van der Waals surface area contributed by atoms with Crippen LogP contribution in [0.2, 0.25) is 0 Å². The summed E-state index contributed by atoms with van der Waals surface area (Å²) in [6, 6.07) is 6.43. The summed E-state index contributed by atoms with van der Waals surface area (Å²) in [5.41, 5.74) is 3.24. The normalized spacial score (nSPS) is 17.2. The van der Waals surface area contributed by atoms with Crippen molar-refractivity contribution < 1.29 is 4.74 Å². The third-order valence-corrected chi connectivity index (χ3v) is 4.79. The molecule has 1 saturated heterocycles. The molecule has 0 spiro atoms. The van der Waals surface area contributed by atoms with Gasteiger partial charge in [-0.25, -0.2) is 9.97 Å². The molecule has 0 amide bonds. The Balaban J connectivity index is 1.90. The van der Waals surface area contributed by atoms with Gasteiger partial charge in [-0.2, -0.15) is 5.26 Å². The lowest BCUT2D eigenvalue weighted by atomic mass is 10.1. The predicted octanol–water partition coefficient (Wildman–Crippen LogP) is 1.80. The van der Waals surface area contributed by atoms with Gasteiger partial charge in [0, 0.05) is 37.8 Å². The maximum atomic E-state index is 9.20. The molecule has 128 valence electrons. The van der Waals surface area contributed by atoms with Gasteiger partial charge in [0.05, 0.1) is 29.4 Å². The minimum atomic E-state index is 0.411. The quantitative estimate of drug-likeness (QED) is 0.738. The van der Waals surface area contributed by atoms with Crippen LogP contribution in [0.1, 0.15) is 12.1 Å². The van der Waals surface area contributed by atoms with Gasteiger partial charge in [-0.15, -0.1) is 0 Å². The van der Waals surface area contributed by atoms with Crippen molar-refractivity contribution in [3.63, 3.8) is 0 Å². The molecule has 1 atom stereocenters. The Morgan fingerprint density at radius 2 is 2.36 bits per heavy atom. The summed E-state index contributed by atoms with van der Waals surface area (Å²) in [6.45, 7) is 3.46. The average molecular weight is 336 g/mol. The van der Waals surface area contributed by atoms with Gasteiger partial charge in [0.25, 0.3) is 0 Å². The van der Waals surface area contributed by atoms with Gasteiger partial charge >= 0.3 is 0 Å². The molecule has 2 N–H and O–H groups in total. The first-order valence-corrected chi connectivity index (χ1v) is 8.44. The number of nitrogens with zero attached hydrogens (tertiary/aromatic N) is 4. The molecule has 7 heteroatoms. The summed E-state index contributed by atoms with van der Waals surface area (Å²) in [4.78, 5) is 14.4. The van der Waals surface area contributed by atoms with E-state index in [0.717, 1.165) is 53.7 Å². The van der Waals surface area contributed by atoms with Crippen LogP contribution in [0.15, 0.2) is 24.5 Å². The lowest BCUT2D eigenvalue weighted by Crippen LogP contribution is -2.39. The van der Waals surface area contributed by atoms with Crippen molar-refractivity contribution in [3.8, 4) is 6.07 Å². The van der Waals surface area contributed by atoms with Crippen molar-refractivity contribution in [2.24, 2.45) is 0 Å². The third-order valence-electron chi connectivity index (χ3n) is 4.79. The first-order valence-electron chi connectivity index (χ1n) is 8.44.